The minimum absolute atomic E-state index is 0.0110. The van der Waals surface area contributed by atoms with Crippen molar-refractivity contribution in [1.29, 1.82) is 0 Å². The lowest BCUT2D eigenvalue weighted by atomic mass is 9.94. The predicted octanol–water partition coefficient (Wildman–Crippen LogP) is 2.64. The van der Waals surface area contributed by atoms with Crippen LogP contribution < -0.4 is 0 Å². The summed E-state index contributed by atoms with van der Waals surface area (Å²) in [5.41, 5.74) is 2.90. The van der Waals surface area contributed by atoms with Crippen molar-refractivity contribution < 1.29 is 9.59 Å². The first-order valence-electron chi connectivity index (χ1n) is 8.17. The van der Waals surface area contributed by atoms with Crippen LogP contribution in [0.15, 0.2) is 23.8 Å². The Balaban J connectivity index is 1.56. The normalized spacial score (nSPS) is 17.8. The Kier molecular flexibility index (Phi) is 4.04. The fourth-order valence-electron chi connectivity index (χ4n) is 3.27. The molecule has 1 aliphatic rings. The lowest BCUT2D eigenvalue weighted by molar-refractivity contribution is 0.0706. The smallest absolute Gasteiger partial charge is 0.254 e. The van der Waals surface area contributed by atoms with Gasteiger partial charge in [0.25, 0.3) is 5.91 Å². The van der Waals surface area contributed by atoms with E-state index in [1.807, 2.05) is 4.90 Å². The van der Waals surface area contributed by atoms with Gasteiger partial charge in [-0.05, 0) is 25.8 Å². The van der Waals surface area contributed by atoms with E-state index in [0.29, 0.717) is 22.6 Å². The van der Waals surface area contributed by atoms with Crippen LogP contribution in [0.4, 0.5) is 0 Å². The Morgan fingerprint density at radius 2 is 2.16 bits per heavy atom. The van der Waals surface area contributed by atoms with E-state index < -0.39 is 0 Å². The molecule has 4 rings (SSSR count). The van der Waals surface area contributed by atoms with E-state index in [0.717, 1.165) is 30.6 Å². The van der Waals surface area contributed by atoms with Crippen molar-refractivity contribution in [3.63, 3.8) is 0 Å². The molecule has 0 radical (unpaired) electrons. The Morgan fingerprint density at radius 3 is 2.96 bits per heavy atom. The van der Waals surface area contributed by atoms with Gasteiger partial charge in [-0.2, -0.15) is 5.10 Å². The Bertz CT molecular complexity index is 947. The van der Waals surface area contributed by atoms with E-state index >= 15 is 0 Å². The number of aromatic amines is 1. The number of hydrogen-bond acceptors (Lipinski definition) is 6. The zero-order valence-corrected chi connectivity index (χ0v) is 14.5. The maximum Gasteiger partial charge on any atom is 0.254 e. The number of amides is 1. The molecule has 1 amide bonds. The van der Waals surface area contributed by atoms with Gasteiger partial charge in [0.2, 0.25) is 0 Å². The van der Waals surface area contributed by atoms with E-state index in [4.69, 9.17) is 0 Å². The molecular formula is C17H17N5O2S. The molecule has 0 spiro atoms. The SMILES string of the molecule is CC(=O)c1cc(C(=O)N2CCC[C@@H](c3[nH]nc4nccnc34)C2)cs1. The molecule has 1 saturated heterocycles. The molecule has 1 fully saturated rings. The number of thiophene rings is 1. The fourth-order valence-corrected chi connectivity index (χ4v) is 4.05. The third-order valence-electron chi connectivity index (χ3n) is 4.53. The molecule has 4 heterocycles. The standard InChI is InChI=1S/C17H17N5O2S/c1-10(23)13-7-12(9-25-13)17(24)22-6-2-3-11(8-22)14-15-16(21-20-14)19-5-4-18-15/h4-5,7,9,11H,2-3,6,8H2,1H3,(H,19,20,21)/t11-/m1/s1. The van der Waals surface area contributed by atoms with Crippen molar-refractivity contribution in [2.75, 3.05) is 13.1 Å². The van der Waals surface area contributed by atoms with Gasteiger partial charge in [0.15, 0.2) is 11.4 Å². The van der Waals surface area contributed by atoms with Gasteiger partial charge in [-0.15, -0.1) is 11.3 Å². The molecule has 7 nitrogen and oxygen atoms in total. The summed E-state index contributed by atoms with van der Waals surface area (Å²) in [4.78, 5) is 35.3. The number of carbonyl (C=O) groups excluding carboxylic acids is 2. The van der Waals surface area contributed by atoms with Crippen LogP contribution in [-0.4, -0.2) is 49.8 Å². The van der Waals surface area contributed by atoms with Crippen molar-refractivity contribution >= 4 is 34.2 Å². The molecule has 1 N–H and O–H groups in total. The van der Waals surface area contributed by atoms with Gasteiger partial charge in [-0.25, -0.2) is 9.97 Å². The van der Waals surface area contributed by atoms with Gasteiger partial charge in [0.05, 0.1) is 16.1 Å². The first kappa shape index (κ1) is 15.9. The van der Waals surface area contributed by atoms with Gasteiger partial charge in [0.1, 0.15) is 5.52 Å². The quantitative estimate of drug-likeness (QED) is 0.729. The van der Waals surface area contributed by atoms with Crippen LogP contribution in [0.5, 0.6) is 0 Å². The highest BCUT2D eigenvalue weighted by Crippen LogP contribution is 2.30. The lowest BCUT2D eigenvalue weighted by Gasteiger charge is -2.32. The number of H-pyrrole nitrogens is 1. The van der Waals surface area contributed by atoms with Crippen LogP contribution in [0.25, 0.3) is 11.2 Å². The molecule has 1 atom stereocenters. The Morgan fingerprint density at radius 1 is 1.32 bits per heavy atom. The van der Waals surface area contributed by atoms with Crippen molar-refractivity contribution in [2.24, 2.45) is 0 Å². The average molecular weight is 355 g/mol. The molecule has 0 aromatic carbocycles. The van der Waals surface area contributed by atoms with Gasteiger partial charge < -0.3 is 4.90 Å². The van der Waals surface area contributed by atoms with Crippen LogP contribution in [-0.2, 0) is 0 Å². The summed E-state index contributed by atoms with van der Waals surface area (Å²) in [6.07, 6.45) is 5.16. The van der Waals surface area contributed by atoms with Crippen molar-refractivity contribution in [1.82, 2.24) is 25.1 Å². The summed E-state index contributed by atoms with van der Waals surface area (Å²) in [5, 5.41) is 9.02. The molecule has 128 valence electrons. The number of carbonyl (C=O) groups is 2. The maximum atomic E-state index is 12.8. The number of hydrogen-bond donors (Lipinski definition) is 1. The number of ketones is 1. The summed E-state index contributed by atoms with van der Waals surface area (Å²) >= 11 is 1.32. The summed E-state index contributed by atoms with van der Waals surface area (Å²) in [6, 6.07) is 1.69. The molecule has 3 aromatic heterocycles. The molecule has 0 saturated carbocycles. The third-order valence-corrected chi connectivity index (χ3v) is 5.56. The second-order valence-electron chi connectivity index (χ2n) is 6.21. The van der Waals surface area contributed by atoms with E-state index in [2.05, 4.69) is 20.2 Å². The molecule has 25 heavy (non-hydrogen) atoms. The highest BCUT2D eigenvalue weighted by molar-refractivity contribution is 7.12. The minimum Gasteiger partial charge on any atom is -0.338 e. The van der Waals surface area contributed by atoms with E-state index in [1.165, 1.54) is 18.3 Å². The predicted molar refractivity (Wildman–Crippen MR) is 93.9 cm³/mol. The fraction of sp³-hybridized carbons (Fsp3) is 0.353. The summed E-state index contributed by atoms with van der Waals surface area (Å²) < 4.78 is 0. The topological polar surface area (TPSA) is 91.8 Å². The molecule has 0 bridgehead atoms. The molecule has 1 aliphatic heterocycles. The number of likely N-dealkylation sites (tertiary alicyclic amines) is 1. The van der Waals surface area contributed by atoms with E-state index in [9.17, 15) is 9.59 Å². The first-order chi connectivity index (χ1) is 12.1. The maximum absolute atomic E-state index is 12.8. The van der Waals surface area contributed by atoms with Crippen molar-refractivity contribution in [2.45, 2.75) is 25.7 Å². The van der Waals surface area contributed by atoms with Crippen LogP contribution >= 0.6 is 11.3 Å². The number of aromatic nitrogens is 4. The summed E-state index contributed by atoms with van der Waals surface area (Å²) in [7, 11) is 0. The van der Waals surface area contributed by atoms with Crippen LogP contribution in [0, 0.1) is 0 Å². The zero-order chi connectivity index (χ0) is 17.4. The molecule has 3 aromatic rings. The number of fused-ring (bicyclic) bond motifs is 1. The molecule has 0 aliphatic carbocycles. The van der Waals surface area contributed by atoms with Crippen molar-refractivity contribution in [3.8, 4) is 0 Å². The largest absolute Gasteiger partial charge is 0.338 e. The van der Waals surface area contributed by atoms with Gasteiger partial charge in [-0.3, -0.25) is 14.7 Å². The van der Waals surface area contributed by atoms with Gasteiger partial charge >= 0.3 is 0 Å². The average Bonchev–Trinajstić information content (AvgIpc) is 3.28. The second-order valence-corrected chi connectivity index (χ2v) is 7.12. The summed E-state index contributed by atoms with van der Waals surface area (Å²) in [6.45, 7) is 2.84. The number of Topliss-reactive ketones (excluding diaryl/α,β-unsaturated/α-hetero) is 1. The second kappa shape index (κ2) is 6.36. The first-order valence-corrected chi connectivity index (χ1v) is 9.05. The zero-order valence-electron chi connectivity index (χ0n) is 13.7. The Labute approximate surface area is 148 Å². The van der Waals surface area contributed by atoms with Gasteiger partial charge in [-0.1, -0.05) is 0 Å². The monoisotopic (exact) mass is 355 g/mol. The van der Waals surface area contributed by atoms with Crippen molar-refractivity contribution in [3.05, 3.63) is 40.0 Å². The number of nitrogens with one attached hydrogen (secondary N) is 1. The summed E-state index contributed by atoms with van der Waals surface area (Å²) in [5.74, 6) is 0.122. The van der Waals surface area contributed by atoms with Crippen LogP contribution in [0.2, 0.25) is 0 Å². The van der Waals surface area contributed by atoms with E-state index in [-0.39, 0.29) is 17.6 Å². The van der Waals surface area contributed by atoms with E-state index in [1.54, 1.807) is 23.8 Å². The highest BCUT2D eigenvalue weighted by Gasteiger charge is 2.28. The number of rotatable bonds is 3. The van der Waals surface area contributed by atoms with Gasteiger partial charge in [0, 0.05) is 36.8 Å². The number of piperidine rings is 1. The third kappa shape index (κ3) is 2.93. The van der Waals surface area contributed by atoms with Crippen LogP contribution in [0.1, 0.15) is 51.4 Å². The van der Waals surface area contributed by atoms with Crippen LogP contribution in [0.3, 0.4) is 0 Å². The number of nitrogens with zero attached hydrogens (tertiary/aromatic N) is 4. The molecule has 0 unspecified atom stereocenters. The lowest BCUT2D eigenvalue weighted by Crippen LogP contribution is -2.39. The Hall–Kier alpha value is -2.61. The highest BCUT2D eigenvalue weighted by atomic mass is 32.1. The molecular weight excluding hydrogens is 338 g/mol. The minimum atomic E-state index is -0.0247. The molecule has 8 heteroatoms.